The summed E-state index contributed by atoms with van der Waals surface area (Å²) in [5.41, 5.74) is 0.580. The fraction of sp³-hybridized carbons (Fsp3) is 0.529. The van der Waals surface area contributed by atoms with Gasteiger partial charge in [0.05, 0.1) is 6.54 Å². The molecule has 0 bridgehead atoms. The summed E-state index contributed by atoms with van der Waals surface area (Å²) in [5, 5.41) is 5.76. The van der Waals surface area contributed by atoms with Crippen molar-refractivity contribution in [3.8, 4) is 0 Å². The highest BCUT2D eigenvalue weighted by molar-refractivity contribution is 5.92. The molecule has 1 aliphatic rings. The predicted molar refractivity (Wildman–Crippen MR) is 106 cm³/mol. The molecule has 9 heteroatoms. The Balaban J connectivity index is 0.00000312. The molecular weight excluding hydrogens is 382 g/mol. The van der Waals surface area contributed by atoms with Gasteiger partial charge in [0, 0.05) is 44.3 Å². The third kappa shape index (κ3) is 7.45. The van der Waals surface area contributed by atoms with Gasteiger partial charge in [0.15, 0.2) is 0 Å². The van der Waals surface area contributed by atoms with Gasteiger partial charge in [0.25, 0.3) is 0 Å². The Morgan fingerprint density at radius 3 is 2.23 bits per heavy atom. The molecule has 0 saturated carbocycles. The molecule has 0 aliphatic carbocycles. The zero-order valence-electron chi connectivity index (χ0n) is 15.0. The van der Waals surface area contributed by atoms with E-state index in [1.165, 1.54) is 24.3 Å². The summed E-state index contributed by atoms with van der Waals surface area (Å²) in [7, 11) is 1.83. The third-order valence-electron chi connectivity index (χ3n) is 4.11. The molecular formula is C17H27Cl2FN4O2. The minimum atomic E-state index is -0.332. The second-order valence-electron chi connectivity index (χ2n) is 6.12. The maximum Gasteiger partial charge on any atom is 0.238 e. The summed E-state index contributed by atoms with van der Waals surface area (Å²) in [6.45, 7) is 5.48. The maximum atomic E-state index is 12.8. The Kier molecular flexibility index (Phi) is 11.4. The Bertz CT molecular complexity index is 566. The lowest BCUT2D eigenvalue weighted by atomic mass is 10.1. The average molecular weight is 409 g/mol. The molecule has 0 radical (unpaired) electrons. The van der Waals surface area contributed by atoms with Gasteiger partial charge in [-0.2, -0.15) is 0 Å². The molecule has 1 fully saturated rings. The van der Waals surface area contributed by atoms with Crippen molar-refractivity contribution in [2.75, 3.05) is 51.6 Å². The first-order valence-electron chi connectivity index (χ1n) is 8.20. The third-order valence-corrected chi connectivity index (χ3v) is 4.11. The Hall–Kier alpha value is -1.41. The second kappa shape index (κ2) is 12.1. The van der Waals surface area contributed by atoms with Gasteiger partial charge >= 0.3 is 0 Å². The molecule has 2 amide bonds. The number of hydrogen-bond donors (Lipinski definition) is 2. The van der Waals surface area contributed by atoms with Gasteiger partial charge in [0.2, 0.25) is 11.8 Å². The summed E-state index contributed by atoms with van der Waals surface area (Å²) < 4.78 is 12.8. The first-order chi connectivity index (χ1) is 11.5. The van der Waals surface area contributed by atoms with Crippen molar-refractivity contribution in [2.45, 2.75) is 6.92 Å². The molecule has 148 valence electrons. The van der Waals surface area contributed by atoms with E-state index in [1.807, 2.05) is 23.8 Å². The SMILES string of the molecule is CNCC(C)C(=O)N1CCN(CC(=O)Nc2ccc(F)cc2)CC1.Cl.Cl. The van der Waals surface area contributed by atoms with Crippen LogP contribution in [0.2, 0.25) is 0 Å². The first kappa shape index (κ1) is 24.6. The van der Waals surface area contributed by atoms with Crippen LogP contribution < -0.4 is 10.6 Å². The molecule has 1 aromatic rings. The molecule has 2 rings (SSSR count). The molecule has 1 heterocycles. The molecule has 1 atom stereocenters. The van der Waals surface area contributed by atoms with E-state index in [4.69, 9.17) is 0 Å². The van der Waals surface area contributed by atoms with E-state index >= 15 is 0 Å². The van der Waals surface area contributed by atoms with E-state index in [9.17, 15) is 14.0 Å². The molecule has 2 N–H and O–H groups in total. The summed E-state index contributed by atoms with van der Waals surface area (Å²) in [4.78, 5) is 28.2. The van der Waals surface area contributed by atoms with Crippen LogP contribution in [0.5, 0.6) is 0 Å². The van der Waals surface area contributed by atoms with Crippen LogP contribution in [-0.4, -0.2) is 67.9 Å². The van der Waals surface area contributed by atoms with Crippen LogP contribution in [0.4, 0.5) is 10.1 Å². The van der Waals surface area contributed by atoms with E-state index in [0.717, 1.165) is 0 Å². The Morgan fingerprint density at radius 1 is 1.12 bits per heavy atom. The van der Waals surface area contributed by atoms with Crippen LogP contribution in [0, 0.1) is 11.7 Å². The zero-order valence-corrected chi connectivity index (χ0v) is 16.7. The van der Waals surface area contributed by atoms with E-state index in [1.54, 1.807) is 0 Å². The Morgan fingerprint density at radius 2 is 1.69 bits per heavy atom. The lowest BCUT2D eigenvalue weighted by Gasteiger charge is -2.35. The molecule has 0 aromatic heterocycles. The highest BCUT2D eigenvalue weighted by Crippen LogP contribution is 2.10. The average Bonchev–Trinajstić information content (AvgIpc) is 2.57. The fourth-order valence-electron chi connectivity index (χ4n) is 2.77. The number of piperazine rings is 1. The first-order valence-corrected chi connectivity index (χ1v) is 8.20. The number of anilines is 1. The molecule has 6 nitrogen and oxygen atoms in total. The van der Waals surface area contributed by atoms with Crippen molar-refractivity contribution in [1.29, 1.82) is 0 Å². The molecule has 1 unspecified atom stereocenters. The lowest BCUT2D eigenvalue weighted by Crippen LogP contribution is -2.52. The number of amides is 2. The number of carbonyl (C=O) groups is 2. The minimum absolute atomic E-state index is 0. The summed E-state index contributed by atoms with van der Waals surface area (Å²) in [5.74, 6) is -0.352. The largest absolute Gasteiger partial charge is 0.340 e. The van der Waals surface area contributed by atoms with E-state index in [-0.39, 0.29) is 54.9 Å². The number of hydrogen-bond acceptors (Lipinski definition) is 4. The lowest BCUT2D eigenvalue weighted by molar-refractivity contribution is -0.136. The standard InChI is InChI=1S/C17H25FN4O2.2ClH/c1-13(11-19-2)17(24)22-9-7-21(8-10-22)12-16(23)20-15-5-3-14(18)4-6-15;;/h3-6,13,19H,7-12H2,1-2H3,(H,20,23);2*1H. The van der Waals surface area contributed by atoms with Crippen LogP contribution in [0.15, 0.2) is 24.3 Å². The van der Waals surface area contributed by atoms with Crippen molar-refractivity contribution in [1.82, 2.24) is 15.1 Å². The summed E-state index contributed by atoms with van der Waals surface area (Å²) >= 11 is 0. The van der Waals surface area contributed by atoms with Gasteiger partial charge in [-0.25, -0.2) is 4.39 Å². The molecule has 1 aliphatic heterocycles. The molecule has 26 heavy (non-hydrogen) atoms. The molecule has 1 aromatic carbocycles. The van der Waals surface area contributed by atoms with Crippen molar-refractivity contribution in [3.05, 3.63) is 30.1 Å². The molecule has 0 spiro atoms. The number of nitrogens with zero attached hydrogens (tertiary/aromatic N) is 2. The number of benzene rings is 1. The quantitative estimate of drug-likeness (QED) is 0.750. The van der Waals surface area contributed by atoms with Gasteiger partial charge in [-0.3, -0.25) is 14.5 Å². The van der Waals surface area contributed by atoms with Crippen LogP contribution in [0.3, 0.4) is 0 Å². The van der Waals surface area contributed by atoms with Crippen LogP contribution in [0.1, 0.15) is 6.92 Å². The van der Waals surface area contributed by atoms with Gasteiger partial charge in [-0.1, -0.05) is 6.92 Å². The monoisotopic (exact) mass is 408 g/mol. The normalized spacial score (nSPS) is 15.4. The number of nitrogens with one attached hydrogen (secondary N) is 2. The van der Waals surface area contributed by atoms with Crippen LogP contribution in [-0.2, 0) is 9.59 Å². The van der Waals surface area contributed by atoms with Crippen molar-refractivity contribution >= 4 is 42.3 Å². The van der Waals surface area contributed by atoms with Gasteiger partial charge < -0.3 is 15.5 Å². The smallest absolute Gasteiger partial charge is 0.238 e. The Labute approximate surface area is 166 Å². The zero-order chi connectivity index (χ0) is 17.5. The summed E-state index contributed by atoms with van der Waals surface area (Å²) in [6.07, 6.45) is 0. The highest BCUT2D eigenvalue weighted by Gasteiger charge is 2.25. The minimum Gasteiger partial charge on any atom is -0.340 e. The van der Waals surface area contributed by atoms with E-state index in [2.05, 4.69) is 10.6 Å². The van der Waals surface area contributed by atoms with Crippen molar-refractivity contribution < 1.29 is 14.0 Å². The van der Waals surface area contributed by atoms with Crippen molar-refractivity contribution in [3.63, 3.8) is 0 Å². The number of carbonyl (C=O) groups excluding carboxylic acids is 2. The molecule has 1 saturated heterocycles. The highest BCUT2D eigenvalue weighted by atomic mass is 35.5. The second-order valence-corrected chi connectivity index (χ2v) is 6.12. The van der Waals surface area contributed by atoms with Gasteiger partial charge in [-0.05, 0) is 31.3 Å². The number of halogens is 3. The van der Waals surface area contributed by atoms with Gasteiger partial charge in [-0.15, -0.1) is 24.8 Å². The van der Waals surface area contributed by atoms with Crippen molar-refractivity contribution in [2.24, 2.45) is 5.92 Å². The fourth-order valence-corrected chi connectivity index (χ4v) is 2.77. The van der Waals surface area contributed by atoms with Crippen LogP contribution >= 0.6 is 24.8 Å². The van der Waals surface area contributed by atoms with E-state index in [0.29, 0.717) is 38.4 Å². The maximum absolute atomic E-state index is 12.8. The summed E-state index contributed by atoms with van der Waals surface area (Å²) in [6, 6.07) is 5.69. The van der Waals surface area contributed by atoms with Crippen LogP contribution in [0.25, 0.3) is 0 Å². The predicted octanol–water partition coefficient (Wildman–Crippen LogP) is 1.61. The van der Waals surface area contributed by atoms with E-state index < -0.39 is 0 Å². The van der Waals surface area contributed by atoms with Gasteiger partial charge in [0.1, 0.15) is 5.82 Å². The number of rotatable bonds is 6. The topological polar surface area (TPSA) is 64.7 Å².